The Bertz CT molecular complexity index is 3420. The van der Waals surface area contributed by atoms with Crippen molar-refractivity contribution in [2.75, 3.05) is 4.90 Å². The van der Waals surface area contributed by atoms with Crippen LogP contribution < -0.4 is 4.90 Å². The van der Waals surface area contributed by atoms with Gasteiger partial charge < -0.3 is 9.32 Å². The van der Waals surface area contributed by atoms with E-state index in [-0.39, 0.29) is 0 Å². The minimum atomic E-state index is 0.509. The average molecular weight is 910 g/mol. The molecule has 0 radical (unpaired) electrons. The quantitative estimate of drug-likeness (QED) is 0.143. The zero-order valence-electron chi connectivity index (χ0n) is 40.5. The first-order valence-electron chi connectivity index (χ1n) is 26.8. The average Bonchev–Trinajstić information content (AvgIpc) is 3.82. The number of rotatable bonds is 9. The van der Waals surface area contributed by atoms with Crippen molar-refractivity contribution >= 4 is 60.5 Å². The number of fused-ring (bicyclic) bond motifs is 5. The molecule has 0 spiro atoms. The highest BCUT2D eigenvalue weighted by atomic mass is 16.3. The molecule has 1 aromatic heterocycles. The van der Waals surface area contributed by atoms with Crippen molar-refractivity contribution in [2.24, 2.45) is 0 Å². The van der Waals surface area contributed by atoms with E-state index in [1.165, 1.54) is 190 Å². The largest absolute Gasteiger partial charge is 0.456 e. The van der Waals surface area contributed by atoms with Crippen molar-refractivity contribution in [1.82, 2.24) is 0 Å². The molecule has 70 heavy (non-hydrogen) atoms. The van der Waals surface area contributed by atoms with Crippen LogP contribution in [0, 0.1) is 0 Å². The molecule has 0 aliphatic heterocycles. The molecule has 3 aliphatic rings. The van der Waals surface area contributed by atoms with Gasteiger partial charge in [-0.05, 0) is 142 Å². The third-order valence-electron chi connectivity index (χ3n) is 16.8. The summed E-state index contributed by atoms with van der Waals surface area (Å²) in [6.07, 6.45) is 19.1. The number of hydrogen-bond acceptors (Lipinski definition) is 2. The van der Waals surface area contributed by atoms with E-state index >= 15 is 0 Å². The number of anilines is 3. The summed E-state index contributed by atoms with van der Waals surface area (Å²) < 4.78 is 7.24. The fourth-order valence-corrected chi connectivity index (χ4v) is 13.4. The summed E-state index contributed by atoms with van der Waals surface area (Å²) in [7, 11) is 0. The van der Waals surface area contributed by atoms with Gasteiger partial charge in [0.15, 0.2) is 0 Å². The molecule has 3 aliphatic carbocycles. The molecule has 1 heterocycles. The molecule has 346 valence electrons. The van der Waals surface area contributed by atoms with E-state index in [1.54, 1.807) is 0 Å². The molecule has 0 bridgehead atoms. The van der Waals surface area contributed by atoms with Gasteiger partial charge in [-0.25, -0.2) is 0 Å². The van der Waals surface area contributed by atoms with Crippen LogP contribution in [-0.2, 0) is 0 Å². The summed E-state index contributed by atoms with van der Waals surface area (Å²) in [5.74, 6) is 1.57. The molecule has 2 heteroatoms. The number of furan rings is 1. The second kappa shape index (κ2) is 18.8. The smallest absolute Gasteiger partial charge is 0.138 e. The first-order chi connectivity index (χ1) is 34.7. The standard InChI is InChI=1S/C68H63NO/c1-6-21-46(22-7-1)53-43-61(50-27-12-4-13-28-50)67(62(44-53)51-29-14-5-15-30-51)69(54-40-41-58-60-38-20-36-57(49-25-10-3-11-26-49)68(60)70-64(58)45-54)63-42-39-52-33-19-35-56(48-23-8-2-9-24-48)65(52)66(63)59-37-18-32-47-31-16-17-34-55(47)59/h4-5,12-20,27-46,48-49H,1-3,6-11,21-26H2. The van der Waals surface area contributed by atoms with Crippen LogP contribution in [0.2, 0.25) is 0 Å². The summed E-state index contributed by atoms with van der Waals surface area (Å²) in [6, 6.07) is 69.7. The molecule has 10 aromatic rings. The van der Waals surface area contributed by atoms with Gasteiger partial charge in [0.25, 0.3) is 0 Å². The summed E-state index contributed by atoms with van der Waals surface area (Å²) in [6.45, 7) is 0. The van der Waals surface area contributed by atoms with Crippen LogP contribution in [-0.4, -0.2) is 0 Å². The zero-order valence-corrected chi connectivity index (χ0v) is 40.5. The Kier molecular flexibility index (Phi) is 11.6. The van der Waals surface area contributed by atoms with E-state index in [0.29, 0.717) is 17.8 Å². The lowest BCUT2D eigenvalue weighted by Crippen LogP contribution is -2.16. The Morgan fingerprint density at radius 3 is 1.64 bits per heavy atom. The van der Waals surface area contributed by atoms with Crippen molar-refractivity contribution in [1.29, 1.82) is 0 Å². The summed E-state index contributed by atoms with van der Waals surface area (Å²) >= 11 is 0. The zero-order chi connectivity index (χ0) is 46.4. The maximum atomic E-state index is 7.24. The van der Waals surface area contributed by atoms with E-state index in [0.717, 1.165) is 16.9 Å². The highest BCUT2D eigenvalue weighted by molar-refractivity contribution is 6.15. The van der Waals surface area contributed by atoms with Crippen molar-refractivity contribution in [3.63, 3.8) is 0 Å². The van der Waals surface area contributed by atoms with Crippen LogP contribution in [0.25, 0.3) is 76.9 Å². The highest BCUT2D eigenvalue weighted by Crippen LogP contribution is 2.55. The predicted octanol–water partition coefficient (Wildman–Crippen LogP) is 20.5. The van der Waals surface area contributed by atoms with Crippen molar-refractivity contribution in [3.05, 3.63) is 199 Å². The molecule has 9 aromatic carbocycles. The fraction of sp³-hybridized carbons (Fsp3) is 0.265. The Balaban J connectivity index is 1.17. The lowest BCUT2D eigenvalue weighted by atomic mass is 9.79. The van der Waals surface area contributed by atoms with Crippen LogP contribution in [0.5, 0.6) is 0 Å². The Hall–Kier alpha value is -6.90. The molecule has 3 fully saturated rings. The maximum absolute atomic E-state index is 7.24. The SMILES string of the molecule is c1ccc(-c2cc(C3CCCCC3)cc(-c3ccccc3)c2N(c2ccc3c(c2)oc2c(C4CCCCC4)cccc23)c2ccc3cccc(C4CCCCC4)c3c2-c2cccc3ccccc23)cc1. The highest BCUT2D eigenvalue weighted by Gasteiger charge is 2.31. The van der Waals surface area contributed by atoms with E-state index in [9.17, 15) is 0 Å². The minimum absolute atomic E-state index is 0.509. The number of hydrogen-bond donors (Lipinski definition) is 0. The molecule has 3 saturated carbocycles. The van der Waals surface area contributed by atoms with Gasteiger partial charge in [0, 0.05) is 39.2 Å². The number of benzene rings is 9. The normalized spacial score (nSPS) is 16.4. The second-order valence-electron chi connectivity index (χ2n) is 21.0. The van der Waals surface area contributed by atoms with E-state index in [1.807, 2.05) is 0 Å². The monoisotopic (exact) mass is 909 g/mol. The third-order valence-corrected chi connectivity index (χ3v) is 16.8. The Labute approximate surface area is 414 Å². The Morgan fingerprint density at radius 1 is 0.386 bits per heavy atom. The molecule has 2 nitrogen and oxygen atoms in total. The number of nitrogens with zero attached hydrogens (tertiary/aromatic N) is 1. The molecule has 0 unspecified atom stereocenters. The third kappa shape index (κ3) is 7.81. The topological polar surface area (TPSA) is 16.4 Å². The molecule has 13 rings (SSSR count). The van der Waals surface area contributed by atoms with Gasteiger partial charge in [-0.15, -0.1) is 0 Å². The fourth-order valence-electron chi connectivity index (χ4n) is 13.4. The van der Waals surface area contributed by atoms with Crippen molar-refractivity contribution in [3.8, 4) is 33.4 Å². The van der Waals surface area contributed by atoms with Crippen molar-refractivity contribution < 1.29 is 4.42 Å². The lowest BCUT2D eigenvalue weighted by Gasteiger charge is -2.34. The summed E-state index contributed by atoms with van der Waals surface area (Å²) in [4.78, 5) is 2.66. The van der Waals surface area contributed by atoms with E-state index in [2.05, 4.69) is 187 Å². The van der Waals surface area contributed by atoms with Crippen LogP contribution in [0.3, 0.4) is 0 Å². The van der Waals surface area contributed by atoms with Crippen LogP contribution in [0.1, 0.15) is 131 Å². The molecule has 0 saturated heterocycles. The second-order valence-corrected chi connectivity index (χ2v) is 21.0. The van der Waals surface area contributed by atoms with Gasteiger partial charge in [-0.1, -0.05) is 203 Å². The van der Waals surface area contributed by atoms with Crippen LogP contribution >= 0.6 is 0 Å². The first-order valence-corrected chi connectivity index (χ1v) is 26.8. The van der Waals surface area contributed by atoms with Gasteiger partial charge in [-0.2, -0.15) is 0 Å². The molecular formula is C68H63NO. The molecular weight excluding hydrogens is 847 g/mol. The van der Waals surface area contributed by atoms with E-state index in [4.69, 9.17) is 4.42 Å². The van der Waals surface area contributed by atoms with E-state index < -0.39 is 0 Å². The molecule has 0 atom stereocenters. The van der Waals surface area contributed by atoms with Gasteiger partial charge in [-0.3, -0.25) is 0 Å². The Morgan fingerprint density at radius 2 is 0.943 bits per heavy atom. The van der Waals surface area contributed by atoms with Crippen LogP contribution in [0.4, 0.5) is 17.1 Å². The lowest BCUT2D eigenvalue weighted by molar-refractivity contribution is 0.442. The molecule has 0 amide bonds. The first kappa shape index (κ1) is 43.1. The minimum Gasteiger partial charge on any atom is -0.456 e. The number of para-hydroxylation sites is 1. The van der Waals surface area contributed by atoms with Crippen molar-refractivity contribution in [2.45, 2.75) is 114 Å². The predicted molar refractivity (Wildman–Crippen MR) is 297 cm³/mol. The summed E-state index contributed by atoms with van der Waals surface area (Å²) in [5.41, 5.74) is 17.4. The molecule has 0 N–H and O–H groups in total. The maximum Gasteiger partial charge on any atom is 0.138 e. The van der Waals surface area contributed by atoms with Gasteiger partial charge in [0.05, 0.1) is 11.4 Å². The van der Waals surface area contributed by atoms with Gasteiger partial charge in [0.1, 0.15) is 11.2 Å². The summed E-state index contributed by atoms with van der Waals surface area (Å²) in [5, 5.41) is 7.63. The van der Waals surface area contributed by atoms with Gasteiger partial charge >= 0.3 is 0 Å². The van der Waals surface area contributed by atoms with Gasteiger partial charge in [0.2, 0.25) is 0 Å². The van der Waals surface area contributed by atoms with Crippen LogP contribution in [0.15, 0.2) is 186 Å².